The van der Waals surface area contributed by atoms with Crippen LogP contribution in [0.5, 0.6) is 0 Å². The Labute approximate surface area is 169 Å². The van der Waals surface area contributed by atoms with E-state index in [1.165, 1.54) is 5.57 Å². The fraction of sp³-hybridized carbons (Fsp3) is 0.238. The first kappa shape index (κ1) is 19.5. The number of benzene rings is 2. The number of hydrogen-bond donors (Lipinski definition) is 1. The van der Waals surface area contributed by atoms with Crippen molar-refractivity contribution >= 4 is 46.6 Å². The van der Waals surface area contributed by atoms with E-state index in [1.54, 1.807) is 30.5 Å². The highest BCUT2D eigenvalue weighted by atomic mass is 35.5. The number of anilines is 1. The normalized spacial score (nSPS) is 15.5. The van der Waals surface area contributed by atoms with Crippen molar-refractivity contribution in [2.75, 3.05) is 11.9 Å². The number of amides is 1. The lowest BCUT2D eigenvalue weighted by atomic mass is 9.88. The maximum Gasteiger partial charge on any atom is 0.271 e. The molecule has 0 radical (unpaired) electrons. The lowest BCUT2D eigenvalue weighted by Gasteiger charge is -2.40. The van der Waals surface area contributed by atoms with E-state index >= 15 is 0 Å². The fourth-order valence-electron chi connectivity index (χ4n) is 3.14. The van der Waals surface area contributed by atoms with E-state index in [0.717, 1.165) is 16.8 Å². The van der Waals surface area contributed by atoms with Gasteiger partial charge in [0.05, 0.1) is 16.8 Å². The van der Waals surface area contributed by atoms with Gasteiger partial charge in [-0.2, -0.15) is 5.10 Å². The number of hydrogen-bond acceptors (Lipinski definition) is 3. The molecule has 1 aliphatic rings. The van der Waals surface area contributed by atoms with E-state index in [4.69, 9.17) is 23.2 Å². The highest BCUT2D eigenvalue weighted by molar-refractivity contribution is 6.33. The van der Waals surface area contributed by atoms with Crippen LogP contribution in [-0.4, -0.2) is 24.7 Å². The zero-order valence-electron chi connectivity index (χ0n) is 15.7. The summed E-state index contributed by atoms with van der Waals surface area (Å²) in [6.07, 6.45) is 3.78. The Morgan fingerprint density at radius 1 is 1.22 bits per heavy atom. The smallest absolute Gasteiger partial charge is 0.271 e. The van der Waals surface area contributed by atoms with Gasteiger partial charge < -0.3 is 4.90 Å². The third-order valence-electron chi connectivity index (χ3n) is 4.79. The molecule has 2 aromatic rings. The van der Waals surface area contributed by atoms with Gasteiger partial charge in [0.25, 0.3) is 5.91 Å². The first-order valence-electron chi connectivity index (χ1n) is 8.55. The van der Waals surface area contributed by atoms with Crippen molar-refractivity contribution in [1.29, 1.82) is 0 Å². The van der Waals surface area contributed by atoms with E-state index in [9.17, 15) is 4.79 Å². The molecule has 140 valence electrons. The van der Waals surface area contributed by atoms with Crippen LogP contribution in [0.15, 0.2) is 47.6 Å². The minimum atomic E-state index is -0.333. The average molecular weight is 402 g/mol. The van der Waals surface area contributed by atoms with Crippen molar-refractivity contribution in [1.82, 2.24) is 5.43 Å². The number of carbonyl (C=O) groups excluding carboxylic acids is 1. The zero-order valence-corrected chi connectivity index (χ0v) is 17.2. The molecule has 0 fully saturated rings. The summed E-state index contributed by atoms with van der Waals surface area (Å²) in [5.74, 6) is -0.333. The predicted molar refractivity (Wildman–Crippen MR) is 114 cm³/mol. The van der Waals surface area contributed by atoms with Crippen LogP contribution in [0.2, 0.25) is 10.0 Å². The van der Waals surface area contributed by atoms with Gasteiger partial charge in [0.15, 0.2) is 0 Å². The summed E-state index contributed by atoms with van der Waals surface area (Å²) < 4.78 is 0. The molecule has 0 aromatic heterocycles. The number of nitrogens with zero attached hydrogens (tertiary/aromatic N) is 2. The lowest BCUT2D eigenvalue weighted by Crippen LogP contribution is -2.42. The maximum atomic E-state index is 12.1. The molecular formula is C21H21Cl2N3O. The lowest BCUT2D eigenvalue weighted by molar-refractivity contribution is 0.0955. The van der Waals surface area contributed by atoms with Crippen LogP contribution in [0.4, 0.5) is 5.69 Å². The minimum Gasteiger partial charge on any atom is -0.365 e. The minimum absolute atomic E-state index is 0.0824. The SMILES string of the molecule is CC1=CC(C)(C)N(C)c2cc(Cl)c(/C=N/NC(=O)c3cccc(Cl)c3)cc21. The molecule has 0 atom stereocenters. The van der Waals surface area contributed by atoms with Crippen LogP contribution in [0, 0.1) is 0 Å². The van der Waals surface area contributed by atoms with E-state index in [1.807, 2.05) is 12.1 Å². The van der Waals surface area contributed by atoms with Crippen molar-refractivity contribution in [2.45, 2.75) is 26.3 Å². The number of carbonyl (C=O) groups is 1. The Bertz CT molecular complexity index is 964. The van der Waals surface area contributed by atoms with Crippen molar-refractivity contribution in [3.8, 4) is 0 Å². The molecule has 1 aliphatic heterocycles. The monoisotopic (exact) mass is 401 g/mol. The Morgan fingerprint density at radius 2 is 1.96 bits per heavy atom. The summed E-state index contributed by atoms with van der Waals surface area (Å²) in [7, 11) is 2.05. The molecule has 1 N–H and O–H groups in total. The number of allylic oxidation sites excluding steroid dienone is 1. The highest BCUT2D eigenvalue weighted by Gasteiger charge is 2.29. The van der Waals surface area contributed by atoms with Crippen LogP contribution in [0.1, 0.15) is 42.3 Å². The largest absolute Gasteiger partial charge is 0.365 e. The number of halogens is 2. The van der Waals surface area contributed by atoms with Gasteiger partial charge in [0.2, 0.25) is 0 Å². The maximum absolute atomic E-state index is 12.1. The van der Waals surface area contributed by atoms with Crippen molar-refractivity contribution in [3.63, 3.8) is 0 Å². The van der Waals surface area contributed by atoms with Crippen LogP contribution >= 0.6 is 23.2 Å². The van der Waals surface area contributed by atoms with Crippen LogP contribution in [-0.2, 0) is 0 Å². The van der Waals surface area contributed by atoms with Crippen LogP contribution in [0.25, 0.3) is 5.57 Å². The van der Waals surface area contributed by atoms with Crippen molar-refractivity contribution in [3.05, 3.63) is 69.2 Å². The average Bonchev–Trinajstić information content (AvgIpc) is 2.60. The van der Waals surface area contributed by atoms with Gasteiger partial charge in [-0.15, -0.1) is 0 Å². The summed E-state index contributed by atoms with van der Waals surface area (Å²) in [5.41, 5.74) is 6.96. The second-order valence-electron chi connectivity index (χ2n) is 7.14. The second kappa shape index (κ2) is 7.37. The molecule has 0 saturated carbocycles. The molecule has 1 amide bonds. The summed E-state index contributed by atoms with van der Waals surface area (Å²) in [6, 6.07) is 10.6. The summed E-state index contributed by atoms with van der Waals surface area (Å²) in [5, 5.41) is 5.12. The number of fused-ring (bicyclic) bond motifs is 1. The summed E-state index contributed by atoms with van der Waals surface area (Å²) >= 11 is 12.4. The third kappa shape index (κ3) is 4.02. The van der Waals surface area contributed by atoms with Gasteiger partial charge in [-0.1, -0.05) is 35.3 Å². The van der Waals surface area contributed by atoms with Gasteiger partial charge in [-0.05, 0) is 56.7 Å². The standard InChI is InChI=1S/C21H21Cl2N3O/c1-13-11-21(2,3)26(4)19-10-18(23)15(9-17(13)19)12-24-25-20(27)14-6-5-7-16(22)8-14/h5-12H,1-4H3,(H,25,27)/b24-12+. The Balaban J connectivity index is 1.83. The van der Waals surface area contributed by atoms with Crippen molar-refractivity contribution < 1.29 is 4.79 Å². The van der Waals surface area contributed by atoms with Gasteiger partial charge >= 0.3 is 0 Å². The number of hydrazone groups is 1. The molecule has 1 heterocycles. The molecule has 0 saturated heterocycles. The Kier molecular flexibility index (Phi) is 5.31. The summed E-state index contributed by atoms with van der Waals surface area (Å²) in [4.78, 5) is 14.3. The second-order valence-corrected chi connectivity index (χ2v) is 7.98. The first-order chi connectivity index (χ1) is 12.7. The summed E-state index contributed by atoms with van der Waals surface area (Å²) in [6.45, 7) is 6.41. The molecule has 6 heteroatoms. The third-order valence-corrected chi connectivity index (χ3v) is 5.35. The molecule has 0 spiro atoms. The number of nitrogens with one attached hydrogen (secondary N) is 1. The van der Waals surface area contributed by atoms with Gasteiger partial charge in [-0.3, -0.25) is 4.79 Å². The predicted octanol–water partition coefficient (Wildman–Crippen LogP) is 5.39. The van der Waals surface area contributed by atoms with Gasteiger partial charge in [-0.25, -0.2) is 5.43 Å². The quantitative estimate of drug-likeness (QED) is 0.553. The Morgan fingerprint density at radius 3 is 2.67 bits per heavy atom. The van der Waals surface area contributed by atoms with Gasteiger partial charge in [0.1, 0.15) is 0 Å². The fourth-order valence-corrected chi connectivity index (χ4v) is 3.54. The molecule has 3 rings (SSSR count). The topological polar surface area (TPSA) is 44.7 Å². The van der Waals surface area contributed by atoms with Gasteiger partial charge in [0, 0.05) is 34.4 Å². The molecular weight excluding hydrogens is 381 g/mol. The van der Waals surface area contributed by atoms with E-state index in [2.05, 4.69) is 49.3 Å². The number of rotatable bonds is 3. The molecule has 4 nitrogen and oxygen atoms in total. The highest BCUT2D eigenvalue weighted by Crippen LogP contribution is 2.40. The molecule has 0 aliphatic carbocycles. The molecule has 27 heavy (non-hydrogen) atoms. The molecule has 0 bridgehead atoms. The number of likely N-dealkylation sites (N-methyl/N-ethyl adjacent to an activating group) is 1. The Hall–Kier alpha value is -2.30. The van der Waals surface area contributed by atoms with E-state index in [0.29, 0.717) is 15.6 Å². The molecule has 0 unspecified atom stereocenters. The van der Waals surface area contributed by atoms with Crippen LogP contribution < -0.4 is 10.3 Å². The first-order valence-corrected chi connectivity index (χ1v) is 9.31. The van der Waals surface area contributed by atoms with Crippen LogP contribution in [0.3, 0.4) is 0 Å². The van der Waals surface area contributed by atoms with Crippen molar-refractivity contribution in [2.24, 2.45) is 5.10 Å². The molecule has 2 aromatic carbocycles. The van der Waals surface area contributed by atoms with E-state index in [-0.39, 0.29) is 11.4 Å². The zero-order chi connectivity index (χ0) is 19.8. The van der Waals surface area contributed by atoms with E-state index < -0.39 is 0 Å².